The molecule has 0 bridgehead atoms. The molecule has 2 fully saturated rings. The Morgan fingerprint density at radius 1 is 0.935 bits per heavy atom. The maximum Gasteiger partial charge on any atom is 0.321 e. The Hall–Kier alpha value is -2.93. The van der Waals surface area contributed by atoms with Crippen molar-refractivity contribution in [3.63, 3.8) is 0 Å². The first-order valence-corrected chi connectivity index (χ1v) is 11.8. The molecule has 2 saturated heterocycles. The number of piperidine rings is 1. The van der Waals surface area contributed by atoms with Gasteiger partial charge in [0.2, 0.25) is 5.91 Å². The fourth-order valence-electron chi connectivity index (χ4n) is 4.61. The lowest BCUT2D eigenvalue weighted by Gasteiger charge is -2.34. The molecular formula is C24H26N4O2S. The van der Waals surface area contributed by atoms with E-state index in [0.29, 0.717) is 25.9 Å². The third-order valence-electron chi connectivity index (χ3n) is 6.29. The summed E-state index contributed by atoms with van der Waals surface area (Å²) in [6.45, 7) is 2.01. The molecule has 5 rings (SSSR count). The van der Waals surface area contributed by atoms with Gasteiger partial charge in [0.15, 0.2) is 0 Å². The maximum absolute atomic E-state index is 13.4. The monoisotopic (exact) mass is 434 g/mol. The summed E-state index contributed by atoms with van der Waals surface area (Å²) in [4.78, 5) is 34.6. The molecule has 3 heterocycles. The Bertz CT molecular complexity index is 1040. The standard InChI is InChI=1S/C24H26N4O2S/c29-23(17-12-15-27(16-13-17)24(30)25-18-7-2-1-3-8-18)28-14-6-10-20(28)22-26-19-9-4-5-11-21(19)31-22/h1-5,7-9,11,17,20H,6,10,12-16H2,(H,25,30)/t20-/m1/s1. The lowest BCUT2D eigenvalue weighted by Crippen LogP contribution is -2.45. The van der Waals surface area contributed by atoms with E-state index in [4.69, 9.17) is 4.98 Å². The summed E-state index contributed by atoms with van der Waals surface area (Å²) >= 11 is 1.70. The summed E-state index contributed by atoms with van der Waals surface area (Å²) in [6, 6.07) is 17.6. The molecule has 1 aromatic heterocycles. The number of carbonyl (C=O) groups is 2. The molecule has 1 N–H and O–H groups in total. The molecule has 0 radical (unpaired) electrons. The van der Waals surface area contributed by atoms with Gasteiger partial charge < -0.3 is 15.1 Å². The number of hydrogen-bond acceptors (Lipinski definition) is 4. The highest BCUT2D eigenvalue weighted by Gasteiger charge is 2.37. The van der Waals surface area contributed by atoms with Gasteiger partial charge >= 0.3 is 6.03 Å². The molecular weight excluding hydrogens is 408 g/mol. The molecule has 7 heteroatoms. The van der Waals surface area contributed by atoms with Crippen molar-refractivity contribution in [1.82, 2.24) is 14.8 Å². The smallest absolute Gasteiger partial charge is 0.321 e. The fourth-order valence-corrected chi connectivity index (χ4v) is 5.72. The molecule has 160 valence electrons. The van der Waals surface area contributed by atoms with Crippen molar-refractivity contribution < 1.29 is 9.59 Å². The number of aromatic nitrogens is 1. The van der Waals surface area contributed by atoms with Crippen LogP contribution < -0.4 is 5.32 Å². The van der Waals surface area contributed by atoms with Gasteiger partial charge in [0.1, 0.15) is 5.01 Å². The van der Waals surface area contributed by atoms with Crippen molar-refractivity contribution in [2.45, 2.75) is 31.7 Å². The summed E-state index contributed by atoms with van der Waals surface area (Å²) in [5.41, 5.74) is 1.81. The summed E-state index contributed by atoms with van der Waals surface area (Å²) in [5.74, 6) is 0.209. The van der Waals surface area contributed by atoms with Crippen LogP contribution in [0.1, 0.15) is 36.7 Å². The van der Waals surface area contributed by atoms with E-state index in [1.807, 2.05) is 58.3 Å². The Morgan fingerprint density at radius 3 is 2.45 bits per heavy atom. The van der Waals surface area contributed by atoms with Gasteiger partial charge in [0.05, 0.1) is 16.3 Å². The van der Waals surface area contributed by atoms with Crippen molar-refractivity contribution in [3.8, 4) is 0 Å². The van der Waals surface area contributed by atoms with E-state index >= 15 is 0 Å². The second kappa shape index (κ2) is 8.67. The van der Waals surface area contributed by atoms with Crippen LogP contribution in [0.3, 0.4) is 0 Å². The average molecular weight is 435 g/mol. The number of hydrogen-bond donors (Lipinski definition) is 1. The van der Waals surface area contributed by atoms with E-state index in [0.717, 1.165) is 35.6 Å². The number of urea groups is 1. The first-order chi connectivity index (χ1) is 15.2. The van der Waals surface area contributed by atoms with Crippen LogP contribution in [0, 0.1) is 5.92 Å². The minimum absolute atomic E-state index is 0.0178. The van der Waals surface area contributed by atoms with Crippen LogP contribution in [0.25, 0.3) is 10.2 Å². The Balaban J connectivity index is 1.21. The van der Waals surface area contributed by atoms with Crippen molar-refractivity contribution in [3.05, 3.63) is 59.6 Å². The minimum atomic E-state index is -0.0920. The van der Waals surface area contributed by atoms with Gasteiger partial charge in [-0.1, -0.05) is 30.3 Å². The molecule has 0 spiro atoms. The molecule has 2 aliphatic heterocycles. The quantitative estimate of drug-likeness (QED) is 0.637. The zero-order chi connectivity index (χ0) is 21.2. The number of para-hydroxylation sites is 2. The van der Waals surface area contributed by atoms with Gasteiger partial charge in [-0.15, -0.1) is 11.3 Å². The van der Waals surface area contributed by atoms with Gasteiger partial charge in [-0.25, -0.2) is 9.78 Å². The van der Waals surface area contributed by atoms with Crippen LogP contribution in [-0.4, -0.2) is 46.4 Å². The van der Waals surface area contributed by atoms with Gasteiger partial charge in [-0.05, 0) is 49.9 Å². The predicted molar refractivity (Wildman–Crippen MR) is 123 cm³/mol. The van der Waals surface area contributed by atoms with E-state index in [1.165, 1.54) is 4.70 Å². The second-order valence-corrected chi connectivity index (χ2v) is 9.33. The van der Waals surface area contributed by atoms with Crippen LogP contribution in [0.2, 0.25) is 0 Å². The van der Waals surface area contributed by atoms with Crippen molar-refractivity contribution in [1.29, 1.82) is 0 Å². The molecule has 2 aliphatic rings. The maximum atomic E-state index is 13.4. The summed E-state index contributed by atoms with van der Waals surface area (Å²) in [5, 5.41) is 3.98. The zero-order valence-corrected chi connectivity index (χ0v) is 18.2. The number of fused-ring (bicyclic) bond motifs is 1. The minimum Gasteiger partial charge on any atom is -0.333 e. The number of rotatable bonds is 3. The second-order valence-electron chi connectivity index (χ2n) is 8.27. The van der Waals surface area contributed by atoms with Gasteiger partial charge in [-0.2, -0.15) is 0 Å². The first kappa shape index (κ1) is 20.0. The highest BCUT2D eigenvalue weighted by Crippen LogP contribution is 2.38. The summed E-state index contributed by atoms with van der Waals surface area (Å²) in [7, 11) is 0. The fraction of sp³-hybridized carbons (Fsp3) is 0.375. The molecule has 3 amide bonds. The Kier molecular flexibility index (Phi) is 5.59. The highest BCUT2D eigenvalue weighted by atomic mass is 32.1. The third kappa shape index (κ3) is 4.14. The molecule has 2 aromatic carbocycles. The zero-order valence-electron chi connectivity index (χ0n) is 17.4. The molecule has 1 atom stereocenters. The number of nitrogens with zero attached hydrogens (tertiary/aromatic N) is 3. The number of carbonyl (C=O) groups excluding carboxylic acids is 2. The van der Waals surface area contributed by atoms with Crippen molar-refractivity contribution in [2.24, 2.45) is 5.92 Å². The predicted octanol–water partition coefficient (Wildman–Crippen LogP) is 4.90. The topological polar surface area (TPSA) is 65.5 Å². The molecule has 31 heavy (non-hydrogen) atoms. The van der Waals surface area contributed by atoms with E-state index in [1.54, 1.807) is 11.3 Å². The van der Waals surface area contributed by atoms with Crippen LogP contribution >= 0.6 is 11.3 Å². The Morgan fingerprint density at radius 2 is 1.68 bits per heavy atom. The number of anilines is 1. The van der Waals surface area contributed by atoms with Crippen molar-refractivity contribution in [2.75, 3.05) is 25.0 Å². The number of benzene rings is 2. The Labute approximate surface area is 185 Å². The largest absolute Gasteiger partial charge is 0.333 e. The van der Waals surface area contributed by atoms with Gasteiger partial charge in [-0.3, -0.25) is 4.79 Å². The van der Waals surface area contributed by atoms with E-state index in [9.17, 15) is 9.59 Å². The molecule has 6 nitrogen and oxygen atoms in total. The van der Waals surface area contributed by atoms with Crippen LogP contribution in [0.15, 0.2) is 54.6 Å². The van der Waals surface area contributed by atoms with Crippen LogP contribution in [-0.2, 0) is 4.79 Å². The summed E-state index contributed by atoms with van der Waals surface area (Å²) in [6.07, 6.45) is 3.42. The molecule has 0 unspecified atom stereocenters. The number of likely N-dealkylation sites (tertiary alicyclic amines) is 2. The SMILES string of the molecule is O=C(Nc1ccccc1)N1CCC(C(=O)N2CCC[C@@H]2c2nc3ccccc3s2)CC1. The molecule has 3 aromatic rings. The lowest BCUT2D eigenvalue weighted by atomic mass is 9.95. The molecule has 0 aliphatic carbocycles. The first-order valence-electron chi connectivity index (χ1n) is 11.0. The van der Waals surface area contributed by atoms with Gasteiger partial charge in [0, 0.05) is 31.2 Å². The number of nitrogens with one attached hydrogen (secondary N) is 1. The van der Waals surface area contributed by atoms with E-state index in [-0.39, 0.29) is 23.9 Å². The average Bonchev–Trinajstić information content (AvgIpc) is 3.46. The van der Waals surface area contributed by atoms with Crippen molar-refractivity contribution >= 4 is 39.2 Å². The van der Waals surface area contributed by atoms with Crippen LogP contribution in [0.5, 0.6) is 0 Å². The number of amides is 3. The third-order valence-corrected chi connectivity index (χ3v) is 7.43. The number of thiazole rings is 1. The summed E-state index contributed by atoms with van der Waals surface area (Å²) < 4.78 is 1.18. The van der Waals surface area contributed by atoms with Crippen LogP contribution in [0.4, 0.5) is 10.5 Å². The van der Waals surface area contributed by atoms with E-state index < -0.39 is 0 Å². The van der Waals surface area contributed by atoms with Gasteiger partial charge in [0.25, 0.3) is 0 Å². The normalized spacial score (nSPS) is 19.7. The highest BCUT2D eigenvalue weighted by molar-refractivity contribution is 7.18. The lowest BCUT2D eigenvalue weighted by molar-refractivity contribution is -0.137. The van der Waals surface area contributed by atoms with E-state index in [2.05, 4.69) is 11.4 Å². The molecule has 0 saturated carbocycles.